The number of ether oxygens (including phenoxy) is 5. The average Bonchev–Trinajstić information content (AvgIpc) is 3.20. The maximum Gasteiger partial charge on any atom is 0.119 e. The molecule has 0 radical (unpaired) electrons. The summed E-state index contributed by atoms with van der Waals surface area (Å²) < 4.78 is 32.7. The van der Waals surface area contributed by atoms with E-state index in [1.54, 1.807) is 0 Å². The Bertz CT molecular complexity index is 1700. The first-order valence-corrected chi connectivity index (χ1v) is 17.9. The van der Waals surface area contributed by atoms with Gasteiger partial charge in [-0.25, -0.2) is 0 Å². The molecule has 0 bridgehead atoms. The van der Waals surface area contributed by atoms with Gasteiger partial charge in [0.05, 0.1) is 45.7 Å². The second-order valence-corrected chi connectivity index (χ2v) is 13.3. The summed E-state index contributed by atoms with van der Waals surface area (Å²) in [6.45, 7) is 1.16. The van der Waals surface area contributed by atoms with Crippen LogP contribution in [0.3, 0.4) is 0 Å². The molecule has 5 aromatic rings. The molecule has 0 aromatic heterocycles. The van der Waals surface area contributed by atoms with Crippen LogP contribution >= 0.6 is 0 Å². The summed E-state index contributed by atoms with van der Waals surface area (Å²) in [6.07, 6.45) is -1.96. The summed E-state index contributed by atoms with van der Waals surface area (Å²) in [7, 11) is 0. The summed E-state index contributed by atoms with van der Waals surface area (Å²) in [5.74, 6) is 0.701. The van der Waals surface area contributed by atoms with Crippen molar-refractivity contribution in [1.82, 2.24) is 5.32 Å². The molecule has 0 aliphatic heterocycles. The second kappa shape index (κ2) is 19.5. The summed E-state index contributed by atoms with van der Waals surface area (Å²) in [4.78, 5) is 0. The van der Waals surface area contributed by atoms with E-state index in [9.17, 15) is 10.2 Å². The Morgan fingerprint density at radius 3 is 1.52 bits per heavy atom. The van der Waals surface area contributed by atoms with Crippen molar-refractivity contribution in [3.05, 3.63) is 174 Å². The smallest absolute Gasteiger partial charge is 0.119 e. The van der Waals surface area contributed by atoms with E-state index in [-0.39, 0.29) is 39.5 Å². The Morgan fingerprint density at radius 2 is 1.02 bits per heavy atom. The van der Waals surface area contributed by atoms with Crippen LogP contribution in [0, 0.1) is 0 Å². The lowest BCUT2D eigenvalue weighted by Gasteiger charge is -2.51. The van der Waals surface area contributed by atoms with Crippen LogP contribution in [0.5, 0.6) is 5.75 Å². The lowest BCUT2D eigenvalue weighted by molar-refractivity contribution is -0.256. The number of para-hydroxylation sites is 1. The topological polar surface area (TPSA) is 98.6 Å². The molecule has 8 heteroatoms. The number of rotatable bonds is 19. The fourth-order valence-electron chi connectivity index (χ4n) is 6.64. The molecule has 52 heavy (non-hydrogen) atoms. The maximum atomic E-state index is 12.8. The van der Waals surface area contributed by atoms with Crippen molar-refractivity contribution in [2.75, 3.05) is 19.8 Å². The van der Waals surface area contributed by atoms with Gasteiger partial charge in [-0.2, -0.15) is 0 Å². The third-order valence-electron chi connectivity index (χ3n) is 9.29. The Hall–Kier alpha value is -4.38. The number of hydrogen-bond donors (Lipinski definition) is 3. The molecule has 3 N–H and O–H groups in total. The van der Waals surface area contributed by atoms with Crippen molar-refractivity contribution in [3.63, 3.8) is 0 Å². The van der Waals surface area contributed by atoms with Crippen LogP contribution in [0.15, 0.2) is 152 Å². The molecule has 8 nitrogen and oxygen atoms in total. The lowest BCUT2D eigenvalue weighted by atomic mass is 9.75. The SMILES string of the molecule is OC[C@@H](COc1ccccc1)N[C@H]1C[C@](O)(COCc2ccccc2)[C@@H](OCc2ccccc2)[C@H](OCc2ccccc2)[C@H]1OCc1ccccc1. The zero-order chi connectivity index (χ0) is 35.9. The van der Waals surface area contributed by atoms with E-state index in [1.165, 1.54) is 0 Å². The highest BCUT2D eigenvalue weighted by molar-refractivity contribution is 5.21. The van der Waals surface area contributed by atoms with Crippen LogP contribution in [0.1, 0.15) is 28.7 Å². The molecule has 0 saturated heterocycles. The van der Waals surface area contributed by atoms with Crippen molar-refractivity contribution in [2.45, 2.75) is 68.8 Å². The largest absolute Gasteiger partial charge is 0.492 e. The number of nitrogens with one attached hydrogen (secondary N) is 1. The normalized spacial score (nSPS) is 22.1. The van der Waals surface area contributed by atoms with Crippen LogP contribution in [0.4, 0.5) is 0 Å². The highest BCUT2D eigenvalue weighted by Gasteiger charge is 2.55. The third-order valence-corrected chi connectivity index (χ3v) is 9.29. The minimum Gasteiger partial charge on any atom is -0.492 e. The molecule has 0 heterocycles. The van der Waals surface area contributed by atoms with Crippen molar-refractivity contribution >= 4 is 0 Å². The number of aliphatic hydroxyl groups is 2. The zero-order valence-electron chi connectivity index (χ0n) is 29.4. The average molecular weight is 704 g/mol. The Labute approximate surface area is 306 Å². The molecule has 1 aliphatic carbocycles. The molecule has 0 amide bonds. The van der Waals surface area contributed by atoms with Gasteiger partial charge in [-0.05, 0) is 40.8 Å². The number of benzene rings is 5. The standard InChI is InChI=1S/C44H49NO7/c46-27-38(32-49-39-24-14-5-15-25-39)45-40-26-44(47,33-48-28-34-16-6-1-7-17-34)43(52-31-37-22-12-4-13-23-37)42(51-30-36-20-10-3-11-21-36)41(40)50-29-35-18-8-2-9-19-35/h1-25,38,40-43,45-47H,26-33H2/t38-,40-,41-,42+,43-,44-/m0/s1. The van der Waals surface area contributed by atoms with Crippen LogP contribution < -0.4 is 10.1 Å². The third kappa shape index (κ3) is 10.8. The fraction of sp³-hybridized carbons (Fsp3) is 0.318. The molecule has 272 valence electrons. The molecule has 0 unspecified atom stereocenters. The molecule has 6 atom stereocenters. The molecule has 1 aliphatic rings. The predicted molar refractivity (Wildman–Crippen MR) is 200 cm³/mol. The van der Waals surface area contributed by atoms with E-state index in [1.807, 2.05) is 152 Å². The van der Waals surface area contributed by atoms with E-state index >= 15 is 0 Å². The van der Waals surface area contributed by atoms with Crippen molar-refractivity contribution in [1.29, 1.82) is 0 Å². The van der Waals surface area contributed by atoms with E-state index in [0.29, 0.717) is 19.0 Å². The van der Waals surface area contributed by atoms with E-state index in [2.05, 4.69) is 5.32 Å². The quantitative estimate of drug-likeness (QED) is 0.0899. The van der Waals surface area contributed by atoms with Gasteiger partial charge >= 0.3 is 0 Å². The highest BCUT2D eigenvalue weighted by atomic mass is 16.6. The maximum absolute atomic E-state index is 12.8. The Balaban J connectivity index is 1.33. The fourth-order valence-corrected chi connectivity index (χ4v) is 6.64. The number of aliphatic hydroxyl groups excluding tert-OH is 1. The van der Waals surface area contributed by atoms with Crippen molar-refractivity contribution in [3.8, 4) is 5.75 Å². The molecular formula is C44H49NO7. The number of hydrogen-bond acceptors (Lipinski definition) is 8. The first kappa shape index (κ1) is 37.4. The minimum atomic E-state index is -1.50. The molecule has 1 fully saturated rings. The van der Waals surface area contributed by atoms with Gasteiger partial charge in [0.25, 0.3) is 0 Å². The van der Waals surface area contributed by atoms with Gasteiger partial charge < -0.3 is 39.2 Å². The predicted octanol–water partition coefficient (Wildman–Crippen LogP) is 6.49. The van der Waals surface area contributed by atoms with Gasteiger partial charge in [0.1, 0.15) is 36.3 Å². The highest BCUT2D eigenvalue weighted by Crippen LogP contribution is 2.37. The molecule has 6 rings (SSSR count). The van der Waals surface area contributed by atoms with Crippen LogP contribution in [-0.2, 0) is 45.4 Å². The van der Waals surface area contributed by atoms with E-state index in [0.717, 1.165) is 22.3 Å². The summed E-state index contributed by atoms with van der Waals surface area (Å²) in [5, 5.41) is 27.0. The Morgan fingerprint density at radius 1 is 0.577 bits per heavy atom. The summed E-state index contributed by atoms with van der Waals surface area (Å²) >= 11 is 0. The molecule has 1 saturated carbocycles. The summed E-state index contributed by atoms with van der Waals surface area (Å²) in [5.41, 5.74) is 2.45. The lowest BCUT2D eigenvalue weighted by Crippen LogP contribution is -2.70. The molecular weight excluding hydrogens is 654 g/mol. The van der Waals surface area contributed by atoms with E-state index in [4.69, 9.17) is 23.7 Å². The van der Waals surface area contributed by atoms with Crippen molar-refractivity contribution in [2.24, 2.45) is 0 Å². The van der Waals surface area contributed by atoms with Gasteiger partial charge in [-0.15, -0.1) is 0 Å². The van der Waals surface area contributed by atoms with Gasteiger partial charge in [0.15, 0.2) is 0 Å². The van der Waals surface area contributed by atoms with Gasteiger partial charge in [0.2, 0.25) is 0 Å². The minimum absolute atomic E-state index is 0.0135. The van der Waals surface area contributed by atoms with Gasteiger partial charge in [0, 0.05) is 6.04 Å². The van der Waals surface area contributed by atoms with Crippen LogP contribution in [-0.4, -0.2) is 66.0 Å². The van der Waals surface area contributed by atoms with Crippen LogP contribution in [0.25, 0.3) is 0 Å². The molecule has 0 spiro atoms. The second-order valence-electron chi connectivity index (χ2n) is 13.3. The van der Waals surface area contributed by atoms with E-state index < -0.39 is 36.0 Å². The molecule has 5 aromatic carbocycles. The zero-order valence-corrected chi connectivity index (χ0v) is 29.4. The monoisotopic (exact) mass is 703 g/mol. The van der Waals surface area contributed by atoms with Gasteiger partial charge in [-0.3, -0.25) is 0 Å². The first-order chi connectivity index (χ1) is 25.6. The van der Waals surface area contributed by atoms with Crippen LogP contribution in [0.2, 0.25) is 0 Å². The van der Waals surface area contributed by atoms with Crippen molar-refractivity contribution < 1.29 is 33.9 Å². The van der Waals surface area contributed by atoms with Gasteiger partial charge in [-0.1, -0.05) is 140 Å². The first-order valence-electron chi connectivity index (χ1n) is 17.9. The Kier molecular flexibility index (Phi) is 14.0. The summed E-state index contributed by atoms with van der Waals surface area (Å²) in [6, 6.07) is 48.3.